The van der Waals surface area contributed by atoms with Gasteiger partial charge >= 0.3 is 0 Å². The maximum absolute atomic E-state index is 13.1. The van der Waals surface area contributed by atoms with Crippen LogP contribution in [0.3, 0.4) is 0 Å². The van der Waals surface area contributed by atoms with E-state index in [1.807, 2.05) is 6.07 Å². The van der Waals surface area contributed by atoms with Crippen LogP contribution in [-0.4, -0.2) is 50.9 Å². The van der Waals surface area contributed by atoms with Gasteiger partial charge < -0.3 is 10.1 Å². The first kappa shape index (κ1) is 19.6. The van der Waals surface area contributed by atoms with Crippen molar-refractivity contribution in [3.63, 3.8) is 0 Å². The number of aromatic nitrogens is 4. The highest BCUT2D eigenvalue weighted by atomic mass is 35.5. The van der Waals surface area contributed by atoms with E-state index in [4.69, 9.17) is 16.3 Å². The first-order valence-electron chi connectivity index (χ1n) is 9.53. The van der Waals surface area contributed by atoms with Gasteiger partial charge in [-0.05, 0) is 50.2 Å². The van der Waals surface area contributed by atoms with Crippen molar-refractivity contribution in [2.24, 2.45) is 7.05 Å². The number of aryl methyl sites for hydroxylation is 1. The number of benzene rings is 1. The molecule has 2 aromatic heterocycles. The Morgan fingerprint density at radius 3 is 2.79 bits per heavy atom. The molecule has 0 atom stereocenters. The Hall–Kier alpha value is -2.71. The molecule has 1 aromatic carbocycles. The Morgan fingerprint density at radius 1 is 1.21 bits per heavy atom. The number of anilines is 2. The van der Waals surface area contributed by atoms with Crippen molar-refractivity contribution < 1.29 is 9.13 Å². The maximum atomic E-state index is 13.1. The van der Waals surface area contributed by atoms with E-state index in [0.717, 1.165) is 25.3 Å². The second kappa shape index (κ2) is 8.75. The van der Waals surface area contributed by atoms with Crippen LogP contribution in [0.25, 0.3) is 11.4 Å². The van der Waals surface area contributed by atoms with Crippen LogP contribution >= 0.6 is 11.6 Å². The fraction of sp³-hybridized carbons (Fsp3) is 0.350. The number of halogens is 2. The van der Waals surface area contributed by atoms with E-state index < -0.39 is 5.95 Å². The molecule has 1 aliphatic heterocycles. The van der Waals surface area contributed by atoms with E-state index in [-0.39, 0.29) is 0 Å². The lowest BCUT2D eigenvalue weighted by atomic mass is 10.3. The summed E-state index contributed by atoms with van der Waals surface area (Å²) in [4.78, 5) is 10.5. The largest absolute Gasteiger partial charge is 0.490 e. The third-order valence-corrected chi connectivity index (χ3v) is 5.04. The Morgan fingerprint density at radius 2 is 2.03 bits per heavy atom. The van der Waals surface area contributed by atoms with Gasteiger partial charge in [-0.1, -0.05) is 11.6 Å². The molecule has 0 saturated carbocycles. The molecule has 0 aliphatic carbocycles. The Kier molecular flexibility index (Phi) is 5.92. The first-order valence-corrected chi connectivity index (χ1v) is 9.91. The minimum absolute atomic E-state index is 0.452. The van der Waals surface area contributed by atoms with Gasteiger partial charge in [0, 0.05) is 36.4 Å². The molecule has 1 fully saturated rings. The highest BCUT2D eigenvalue weighted by Crippen LogP contribution is 2.31. The number of nitrogens with one attached hydrogen (secondary N) is 1. The Balaban J connectivity index is 1.49. The highest BCUT2D eigenvalue weighted by molar-refractivity contribution is 6.30. The third-order valence-electron chi connectivity index (χ3n) is 4.80. The maximum Gasteiger partial charge on any atom is 0.226 e. The fourth-order valence-corrected chi connectivity index (χ4v) is 3.42. The van der Waals surface area contributed by atoms with Gasteiger partial charge in [0.2, 0.25) is 11.9 Å². The minimum atomic E-state index is -0.542. The summed E-state index contributed by atoms with van der Waals surface area (Å²) in [5.74, 6) is 1.09. The molecule has 0 radical (unpaired) electrons. The van der Waals surface area contributed by atoms with Gasteiger partial charge in [0.15, 0.2) is 5.82 Å². The van der Waals surface area contributed by atoms with Crippen LogP contribution in [0.2, 0.25) is 5.02 Å². The molecule has 3 aromatic rings. The molecule has 1 N–H and O–H groups in total. The van der Waals surface area contributed by atoms with Crippen LogP contribution < -0.4 is 10.1 Å². The van der Waals surface area contributed by atoms with Crippen molar-refractivity contribution in [2.45, 2.75) is 12.8 Å². The van der Waals surface area contributed by atoms with Crippen LogP contribution in [-0.2, 0) is 7.05 Å². The van der Waals surface area contributed by atoms with E-state index in [1.165, 1.54) is 25.1 Å². The van der Waals surface area contributed by atoms with Crippen LogP contribution in [0, 0.1) is 5.95 Å². The molecular weight excluding hydrogens is 395 g/mol. The fourth-order valence-electron chi connectivity index (χ4n) is 3.25. The lowest BCUT2D eigenvalue weighted by Crippen LogP contribution is -2.25. The number of likely N-dealkylation sites (tertiary alicyclic amines) is 1. The van der Waals surface area contributed by atoms with Crippen LogP contribution in [0.1, 0.15) is 12.8 Å². The quantitative estimate of drug-likeness (QED) is 0.589. The molecule has 4 rings (SSSR count). The molecule has 0 amide bonds. The molecule has 0 unspecified atom stereocenters. The summed E-state index contributed by atoms with van der Waals surface area (Å²) in [7, 11) is 1.78. The molecule has 9 heteroatoms. The summed E-state index contributed by atoms with van der Waals surface area (Å²) in [6.45, 7) is 3.73. The van der Waals surface area contributed by atoms with Gasteiger partial charge in [0.25, 0.3) is 0 Å². The van der Waals surface area contributed by atoms with E-state index in [9.17, 15) is 4.39 Å². The standard InChI is InChI=1S/C20H22ClFN6O/c1-27-20(25-19(26-27)14-4-7-18(22)23-13-14)24-16-6-5-15(21)12-17(16)29-11-10-28-8-2-3-9-28/h4-7,12-13H,2-3,8-11H2,1H3,(H,24,25,26). The molecule has 0 bridgehead atoms. The molecule has 3 heterocycles. The summed E-state index contributed by atoms with van der Waals surface area (Å²) in [5.41, 5.74) is 1.38. The van der Waals surface area contributed by atoms with Crippen molar-refractivity contribution in [3.05, 3.63) is 47.5 Å². The number of ether oxygens (including phenoxy) is 1. The average molecular weight is 417 g/mol. The summed E-state index contributed by atoms with van der Waals surface area (Å²) in [6, 6.07) is 8.30. The van der Waals surface area contributed by atoms with E-state index in [2.05, 4.69) is 25.3 Å². The summed E-state index contributed by atoms with van der Waals surface area (Å²) in [5, 5.41) is 8.22. The van der Waals surface area contributed by atoms with Crippen LogP contribution in [0.4, 0.5) is 16.0 Å². The van der Waals surface area contributed by atoms with Crippen molar-refractivity contribution >= 4 is 23.2 Å². The van der Waals surface area contributed by atoms with Crippen LogP contribution in [0.15, 0.2) is 36.5 Å². The van der Waals surface area contributed by atoms with E-state index in [0.29, 0.717) is 34.7 Å². The molecule has 0 spiro atoms. The van der Waals surface area contributed by atoms with E-state index in [1.54, 1.807) is 29.9 Å². The average Bonchev–Trinajstić information content (AvgIpc) is 3.35. The minimum Gasteiger partial charge on any atom is -0.490 e. The number of nitrogens with zero attached hydrogens (tertiary/aromatic N) is 5. The summed E-state index contributed by atoms with van der Waals surface area (Å²) >= 11 is 6.17. The third kappa shape index (κ3) is 4.83. The van der Waals surface area contributed by atoms with E-state index >= 15 is 0 Å². The zero-order valence-corrected chi connectivity index (χ0v) is 16.9. The summed E-state index contributed by atoms with van der Waals surface area (Å²) in [6.07, 6.45) is 3.91. The summed E-state index contributed by atoms with van der Waals surface area (Å²) < 4.78 is 20.7. The molecule has 29 heavy (non-hydrogen) atoms. The predicted molar refractivity (Wildman–Crippen MR) is 110 cm³/mol. The highest BCUT2D eigenvalue weighted by Gasteiger charge is 2.14. The number of pyridine rings is 1. The van der Waals surface area contributed by atoms with Gasteiger partial charge in [-0.2, -0.15) is 9.37 Å². The number of hydrogen-bond acceptors (Lipinski definition) is 6. The van der Waals surface area contributed by atoms with Crippen molar-refractivity contribution in [2.75, 3.05) is 31.6 Å². The van der Waals surface area contributed by atoms with Gasteiger partial charge in [-0.3, -0.25) is 4.90 Å². The zero-order chi connectivity index (χ0) is 20.2. The first-order chi connectivity index (χ1) is 14.1. The Labute approximate surface area is 173 Å². The lowest BCUT2D eigenvalue weighted by molar-refractivity contribution is 0.238. The monoisotopic (exact) mass is 416 g/mol. The normalized spacial score (nSPS) is 14.3. The predicted octanol–water partition coefficient (Wildman–Crippen LogP) is 3.89. The van der Waals surface area contributed by atoms with Crippen molar-refractivity contribution in [1.29, 1.82) is 0 Å². The second-order valence-corrected chi connectivity index (χ2v) is 7.35. The molecular formula is C20H22ClFN6O. The lowest BCUT2D eigenvalue weighted by Gasteiger charge is -2.17. The Bertz CT molecular complexity index is 972. The molecule has 152 valence electrons. The van der Waals surface area contributed by atoms with Gasteiger partial charge in [0.1, 0.15) is 12.4 Å². The number of hydrogen-bond donors (Lipinski definition) is 1. The molecule has 7 nitrogen and oxygen atoms in total. The number of rotatable bonds is 7. The van der Waals surface area contributed by atoms with Crippen molar-refractivity contribution in [1.82, 2.24) is 24.6 Å². The topological polar surface area (TPSA) is 68.1 Å². The van der Waals surface area contributed by atoms with Crippen LogP contribution in [0.5, 0.6) is 5.75 Å². The second-order valence-electron chi connectivity index (χ2n) is 6.91. The smallest absolute Gasteiger partial charge is 0.226 e. The van der Waals surface area contributed by atoms with Crippen molar-refractivity contribution in [3.8, 4) is 17.1 Å². The van der Waals surface area contributed by atoms with Gasteiger partial charge in [-0.15, -0.1) is 5.10 Å². The molecule has 1 aliphatic rings. The SMILES string of the molecule is Cn1nc(-c2ccc(F)nc2)nc1Nc1ccc(Cl)cc1OCCN1CCCC1. The van der Waals surface area contributed by atoms with Gasteiger partial charge in [0.05, 0.1) is 5.69 Å². The zero-order valence-electron chi connectivity index (χ0n) is 16.1. The van der Waals surface area contributed by atoms with Gasteiger partial charge in [-0.25, -0.2) is 9.67 Å². The molecule has 1 saturated heterocycles.